The van der Waals surface area contributed by atoms with Crippen LogP contribution in [0.5, 0.6) is 0 Å². The summed E-state index contributed by atoms with van der Waals surface area (Å²) in [6.07, 6.45) is -0.812. The van der Waals surface area contributed by atoms with Crippen LogP contribution >= 0.6 is 11.3 Å². The highest BCUT2D eigenvalue weighted by molar-refractivity contribution is 7.13. The minimum atomic E-state index is -4.64. The van der Waals surface area contributed by atoms with E-state index in [4.69, 9.17) is 4.42 Å². The number of rotatable bonds is 4. The first-order valence-corrected chi connectivity index (χ1v) is 7.71. The molecular formula is C15H12F3N3O2S. The maximum Gasteiger partial charge on any atom is 0.412 e. The van der Waals surface area contributed by atoms with Crippen LogP contribution in [0.2, 0.25) is 0 Å². The Labute approximate surface area is 138 Å². The first-order chi connectivity index (χ1) is 11.4. The van der Waals surface area contributed by atoms with Crippen LogP contribution in [-0.4, -0.2) is 21.6 Å². The second kappa shape index (κ2) is 6.16. The van der Waals surface area contributed by atoms with E-state index in [0.717, 1.165) is 6.39 Å². The lowest BCUT2D eigenvalue weighted by molar-refractivity contribution is -0.155. The van der Waals surface area contributed by atoms with Gasteiger partial charge in [-0.3, -0.25) is 4.79 Å². The number of nitrogens with zero attached hydrogens (tertiary/aromatic N) is 2. The summed E-state index contributed by atoms with van der Waals surface area (Å²) in [5, 5.41) is 3.76. The second-order valence-electron chi connectivity index (χ2n) is 5.07. The molecule has 3 aromatic heterocycles. The fourth-order valence-corrected chi connectivity index (χ4v) is 2.95. The van der Waals surface area contributed by atoms with Crippen molar-refractivity contribution >= 4 is 17.2 Å². The van der Waals surface area contributed by atoms with Crippen LogP contribution in [-0.2, 0) is 7.05 Å². The number of thiophene rings is 1. The molecule has 0 aliphatic rings. The maximum absolute atomic E-state index is 13.3. The van der Waals surface area contributed by atoms with Crippen molar-refractivity contribution in [1.82, 2.24) is 14.9 Å². The van der Waals surface area contributed by atoms with Crippen molar-refractivity contribution in [2.75, 3.05) is 0 Å². The zero-order valence-corrected chi connectivity index (χ0v) is 13.2. The Morgan fingerprint density at radius 1 is 1.42 bits per heavy atom. The van der Waals surface area contributed by atoms with Gasteiger partial charge in [0.2, 0.25) is 0 Å². The molecule has 1 N–H and O–H groups in total. The zero-order valence-electron chi connectivity index (χ0n) is 12.4. The lowest BCUT2D eigenvalue weighted by Gasteiger charge is -2.20. The number of hydrogen-bond donors (Lipinski definition) is 1. The smallest absolute Gasteiger partial charge is 0.412 e. The number of amides is 1. The van der Waals surface area contributed by atoms with E-state index in [-0.39, 0.29) is 17.0 Å². The molecule has 1 amide bonds. The number of carbonyl (C=O) groups excluding carboxylic acids is 1. The van der Waals surface area contributed by atoms with E-state index in [1.165, 1.54) is 34.4 Å². The summed E-state index contributed by atoms with van der Waals surface area (Å²) in [6, 6.07) is 2.62. The predicted octanol–water partition coefficient (Wildman–Crippen LogP) is 3.78. The van der Waals surface area contributed by atoms with Gasteiger partial charge in [-0.25, -0.2) is 4.98 Å². The summed E-state index contributed by atoms with van der Waals surface area (Å²) in [7, 11) is 1.60. The highest BCUT2D eigenvalue weighted by atomic mass is 32.1. The van der Waals surface area contributed by atoms with Crippen molar-refractivity contribution in [2.45, 2.75) is 12.2 Å². The van der Waals surface area contributed by atoms with E-state index in [9.17, 15) is 18.0 Å². The lowest BCUT2D eigenvalue weighted by Crippen LogP contribution is -2.38. The fourth-order valence-electron chi connectivity index (χ4n) is 2.24. The fraction of sp³-hybridized carbons (Fsp3) is 0.200. The molecule has 5 nitrogen and oxygen atoms in total. The number of hydrogen-bond acceptors (Lipinski definition) is 4. The summed E-state index contributed by atoms with van der Waals surface area (Å²) < 4.78 is 46.6. The Balaban J connectivity index is 1.89. The van der Waals surface area contributed by atoms with Crippen molar-refractivity contribution in [3.05, 3.63) is 53.6 Å². The number of halogens is 3. The van der Waals surface area contributed by atoms with Crippen molar-refractivity contribution in [3.8, 4) is 10.6 Å². The molecule has 0 fully saturated rings. The molecule has 0 aliphatic carbocycles. The van der Waals surface area contributed by atoms with Crippen LogP contribution in [0.15, 0.2) is 46.8 Å². The number of carbonyl (C=O) groups is 1. The van der Waals surface area contributed by atoms with E-state index in [1.807, 2.05) is 5.32 Å². The third-order valence-electron chi connectivity index (χ3n) is 3.32. The van der Waals surface area contributed by atoms with E-state index in [2.05, 4.69) is 4.98 Å². The molecule has 24 heavy (non-hydrogen) atoms. The molecule has 0 radical (unpaired) electrons. The molecule has 3 aromatic rings. The van der Waals surface area contributed by atoms with Gasteiger partial charge in [-0.2, -0.15) is 13.2 Å². The van der Waals surface area contributed by atoms with Crippen molar-refractivity contribution in [1.29, 1.82) is 0 Å². The van der Waals surface area contributed by atoms with Gasteiger partial charge in [0, 0.05) is 25.0 Å². The molecule has 3 heterocycles. The maximum atomic E-state index is 13.3. The molecule has 0 aromatic carbocycles. The molecule has 0 aliphatic heterocycles. The Morgan fingerprint density at radius 2 is 2.21 bits per heavy atom. The lowest BCUT2D eigenvalue weighted by atomic mass is 10.1. The molecule has 0 saturated heterocycles. The van der Waals surface area contributed by atoms with Gasteiger partial charge < -0.3 is 14.3 Å². The van der Waals surface area contributed by atoms with Gasteiger partial charge in [-0.15, -0.1) is 11.3 Å². The molecule has 0 unspecified atom stereocenters. The molecular weight excluding hydrogens is 343 g/mol. The highest BCUT2D eigenvalue weighted by Gasteiger charge is 2.43. The number of nitrogens with one attached hydrogen (secondary N) is 1. The average molecular weight is 355 g/mol. The molecule has 126 valence electrons. The van der Waals surface area contributed by atoms with Crippen LogP contribution < -0.4 is 5.32 Å². The predicted molar refractivity (Wildman–Crippen MR) is 81.5 cm³/mol. The number of aromatic nitrogens is 2. The minimum absolute atomic E-state index is 0.0560. The second-order valence-corrected chi connectivity index (χ2v) is 6.01. The van der Waals surface area contributed by atoms with Gasteiger partial charge in [-0.1, -0.05) is 6.07 Å². The number of aryl methyl sites for hydroxylation is 1. The van der Waals surface area contributed by atoms with Crippen molar-refractivity contribution in [2.24, 2.45) is 7.05 Å². The van der Waals surface area contributed by atoms with Gasteiger partial charge in [0.1, 0.15) is 0 Å². The highest BCUT2D eigenvalue weighted by Crippen LogP contribution is 2.34. The van der Waals surface area contributed by atoms with Crippen LogP contribution in [0.25, 0.3) is 10.6 Å². The molecule has 0 bridgehead atoms. The summed E-state index contributed by atoms with van der Waals surface area (Å²) in [6.45, 7) is 0. The zero-order chi connectivity index (χ0) is 17.3. The van der Waals surface area contributed by atoms with Crippen LogP contribution in [0.1, 0.15) is 22.1 Å². The van der Waals surface area contributed by atoms with E-state index >= 15 is 0 Å². The summed E-state index contributed by atoms with van der Waals surface area (Å²) in [5.41, 5.74) is -0.234. The quantitative estimate of drug-likeness (QED) is 0.775. The van der Waals surface area contributed by atoms with Crippen LogP contribution in [0.4, 0.5) is 13.2 Å². The largest absolute Gasteiger partial charge is 0.442 e. The third-order valence-corrected chi connectivity index (χ3v) is 4.19. The molecule has 3 rings (SSSR count). The Hall–Kier alpha value is -2.55. The normalized spacial score (nSPS) is 13.0. The first kappa shape index (κ1) is 16.3. The summed E-state index contributed by atoms with van der Waals surface area (Å²) in [5.74, 6) is -0.796. The first-order valence-electron chi connectivity index (χ1n) is 6.83. The third kappa shape index (κ3) is 3.21. The van der Waals surface area contributed by atoms with Crippen LogP contribution in [0.3, 0.4) is 0 Å². The van der Waals surface area contributed by atoms with Crippen molar-refractivity contribution < 1.29 is 22.4 Å². The van der Waals surface area contributed by atoms with E-state index < -0.39 is 18.1 Å². The molecule has 0 saturated carbocycles. The number of oxazole rings is 1. The Morgan fingerprint density at radius 3 is 2.79 bits per heavy atom. The summed E-state index contributed by atoms with van der Waals surface area (Å²) >= 11 is 1.30. The van der Waals surface area contributed by atoms with E-state index in [0.29, 0.717) is 4.88 Å². The summed E-state index contributed by atoms with van der Waals surface area (Å²) in [4.78, 5) is 16.7. The number of alkyl halides is 3. The van der Waals surface area contributed by atoms with Crippen molar-refractivity contribution in [3.63, 3.8) is 0 Å². The molecule has 0 spiro atoms. The van der Waals surface area contributed by atoms with Gasteiger partial charge >= 0.3 is 6.18 Å². The molecule has 1 atom stereocenters. The van der Waals surface area contributed by atoms with Gasteiger partial charge in [0.15, 0.2) is 23.9 Å². The Bertz CT molecular complexity index is 836. The standard InChI is InChI=1S/C15H12F3N3O2S/c1-21-5-4-9(7-21)13(15(16,17)18)20-14(22)11-12(23-8-19-11)10-3-2-6-24-10/h2-8,13H,1H3,(H,20,22)/t13-/m0/s1. The van der Waals surface area contributed by atoms with E-state index in [1.54, 1.807) is 24.6 Å². The van der Waals surface area contributed by atoms with Crippen LogP contribution in [0, 0.1) is 0 Å². The topological polar surface area (TPSA) is 60.1 Å². The monoisotopic (exact) mass is 355 g/mol. The van der Waals surface area contributed by atoms with Gasteiger partial charge in [-0.05, 0) is 17.5 Å². The SMILES string of the molecule is Cn1ccc([C@H](NC(=O)c2ncoc2-c2cccs2)C(F)(F)F)c1. The minimum Gasteiger partial charge on any atom is -0.442 e. The van der Waals surface area contributed by atoms with Gasteiger partial charge in [0.05, 0.1) is 4.88 Å². The van der Waals surface area contributed by atoms with Gasteiger partial charge in [0.25, 0.3) is 5.91 Å². The molecule has 9 heteroatoms. The average Bonchev–Trinajstić information content (AvgIpc) is 3.23. The Kier molecular flexibility index (Phi) is 4.18.